The third-order valence-corrected chi connectivity index (χ3v) is 3.96. The molecule has 1 aromatic carbocycles. The van der Waals surface area contributed by atoms with Gasteiger partial charge in [-0.3, -0.25) is 9.78 Å². The highest BCUT2D eigenvalue weighted by molar-refractivity contribution is 8.00. The standard InChI is InChI=1S/C13H11N3OS/c17-8-15-10-3-1-2-9(6-10)13-16-11-7-14-5-4-12(11)18-13/h1-8,13,16H,(H,15,17). The summed E-state index contributed by atoms with van der Waals surface area (Å²) in [5.74, 6) is 0. The number of aromatic nitrogens is 1. The molecule has 0 saturated carbocycles. The number of benzene rings is 1. The topological polar surface area (TPSA) is 54.0 Å². The Morgan fingerprint density at radius 3 is 3.17 bits per heavy atom. The molecule has 1 aromatic heterocycles. The predicted octanol–water partition coefficient (Wildman–Crippen LogP) is 2.87. The Bertz CT molecular complexity index is 563. The van der Waals surface area contributed by atoms with Crippen molar-refractivity contribution in [1.29, 1.82) is 0 Å². The Morgan fingerprint density at radius 1 is 1.39 bits per heavy atom. The molecule has 0 spiro atoms. The molecule has 2 aromatic rings. The van der Waals surface area contributed by atoms with Crippen LogP contribution in [0.25, 0.3) is 0 Å². The number of pyridine rings is 1. The summed E-state index contributed by atoms with van der Waals surface area (Å²) < 4.78 is 0. The van der Waals surface area contributed by atoms with Crippen LogP contribution in [0.5, 0.6) is 0 Å². The molecule has 90 valence electrons. The van der Waals surface area contributed by atoms with Gasteiger partial charge in [0, 0.05) is 16.8 Å². The fourth-order valence-electron chi connectivity index (χ4n) is 1.90. The van der Waals surface area contributed by atoms with Crippen LogP contribution in [0.1, 0.15) is 10.9 Å². The Balaban J connectivity index is 1.85. The van der Waals surface area contributed by atoms with Crippen molar-refractivity contribution < 1.29 is 4.79 Å². The van der Waals surface area contributed by atoms with Crippen LogP contribution in [-0.2, 0) is 4.79 Å². The number of carbonyl (C=O) groups excluding carboxylic acids is 1. The number of hydrogen-bond donors (Lipinski definition) is 2. The first-order valence-corrected chi connectivity index (χ1v) is 6.42. The van der Waals surface area contributed by atoms with Crippen LogP contribution in [0, 0.1) is 0 Å². The summed E-state index contributed by atoms with van der Waals surface area (Å²) in [5, 5.41) is 6.23. The maximum atomic E-state index is 10.4. The highest BCUT2D eigenvalue weighted by Gasteiger charge is 2.22. The van der Waals surface area contributed by atoms with E-state index in [0.29, 0.717) is 6.41 Å². The second-order valence-electron chi connectivity index (χ2n) is 3.90. The number of amides is 1. The van der Waals surface area contributed by atoms with Crippen LogP contribution in [0.15, 0.2) is 47.6 Å². The van der Waals surface area contributed by atoms with Gasteiger partial charge in [-0.25, -0.2) is 0 Å². The van der Waals surface area contributed by atoms with E-state index in [-0.39, 0.29) is 5.37 Å². The van der Waals surface area contributed by atoms with E-state index in [0.717, 1.165) is 16.9 Å². The first-order valence-electron chi connectivity index (χ1n) is 5.54. The molecule has 1 amide bonds. The predicted molar refractivity (Wildman–Crippen MR) is 72.6 cm³/mol. The SMILES string of the molecule is O=CNc1cccc(C2Nc3cnccc3S2)c1. The highest BCUT2D eigenvalue weighted by Crippen LogP contribution is 2.45. The number of fused-ring (bicyclic) bond motifs is 1. The van der Waals surface area contributed by atoms with E-state index in [1.807, 2.05) is 36.5 Å². The second kappa shape index (κ2) is 4.70. The minimum absolute atomic E-state index is 0.164. The molecule has 2 heterocycles. The Kier molecular flexibility index (Phi) is 2.90. The minimum atomic E-state index is 0.164. The van der Waals surface area contributed by atoms with Crippen LogP contribution in [0.2, 0.25) is 0 Å². The molecule has 0 aliphatic carbocycles. The maximum absolute atomic E-state index is 10.4. The van der Waals surface area contributed by atoms with Crippen LogP contribution in [0.3, 0.4) is 0 Å². The van der Waals surface area contributed by atoms with Crippen molar-refractivity contribution in [2.24, 2.45) is 0 Å². The molecule has 1 aliphatic heterocycles. The molecule has 0 fully saturated rings. The fourth-order valence-corrected chi connectivity index (χ4v) is 3.00. The summed E-state index contributed by atoms with van der Waals surface area (Å²) in [7, 11) is 0. The molecule has 2 N–H and O–H groups in total. The van der Waals surface area contributed by atoms with Gasteiger partial charge in [0.1, 0.15) is 5.37 Å². The summed E-state index contributed by atoms with van der Waals surface area (Å²) in [4.78, 5) is 15.7. The molecule has 18 heavy (non-hydrogen) atoms. The normalized spacial score (nSPS) is 16.8. The van der Waals surface area contributed by atoms with Crippen molar-refractivity contribution in [3.05, 3.63) is 48.3 Å². The molecule has 1 atom stereocenters. The molecular formula is C13H11N3OS. The molecule has 0 bridgehead atoms. The van der Waals surface area contributed by atoms with E-state index < -0.39 is 0 Å². The van der Waals surface area contributed by atoms with Gasteiger partial charge < -0.3 is 10.6 Å². The molecule has 0 saturated heterocycles. The molecule has 0 radical (unpaired) electrons. The van der Waals surface area contributed by atoms with Gasteiger partial charge in [-0.15, -0.1) is 0 Å². The largest absolute Gasteiger partial charge is 0.367 e. The van der Waals surface area contributed by atoms with Crippen molar-refractivity contribution in [2.45, 2.75) is 10.3 Å². The lowest BCUT2D eigenvalue weighted by molar-refractivity contribution is -0.105. The smallest absolute Gasteiger partial charge is 0.211 e. The van der Waals surface area contributed by atoms with E-state index >= 15 is 0 Å². The first-order chi connectivity index (χ1) is 8.86. The van der Waals surface area contributed by atoms with E-state index in [4.69, 9.17) is 0 Å². The molecular weight excluding hydrogens is 246 g/mol. The summed E-state index contributed by atoms with van der Waals surface area (Å²) in [6.45, 7) is 0. The van der Waals surface area contributed by atoms with Crippen molar-refractivity contribution >= 4 is 29.5 Å². The highest BCUT2D eigenvalue weighted by atomic mass is 32.2. The number of thioether (sulfide) groups is 1. The van der Waals surface area contributed by atoms with Gasteiger partial charge in [0.25, 0.3) is 0 Å². The number of carbonyl (C=O) groups is 1. The van der Waals surface area contributed by atoms with E-state index in [1.165, 1.54) is 4.90 Å². The number of nitrogens with zero attached hydrogens (tertiary/aromatic N) is 1. The van der Waals surface area contributed by atoms with Crippen molar-refractivity contribution in [1.82, 2.24) is 4.98 Å². The Morgan fingerprint density at radius 2 is 2.33 bits per heavy atom. The molecule has 4 nitrogen and oxygen atoms in total. The minimum Gasteiger partial charge on any atom is -0.367 e. The van der Waals surface area contributed by atoms with Gasteiger partial charge >= 0.3 is 0 Å². The van der Waals surface area contributed by atoms with Crippen LogP contribution < -0.4 is 10.6 Å². The lowest BCUT2D eigenvalue weighted by Gasteiger charge is -2.11. The van der Waals surface area contributed by atoms with E-state index in [2.05, 4.69) is 15.6 Å². The quantitative estimate of drug-likeness (QED) is 0.830. The lowest BCUT2D eigenvalue weighted by atomic mass is 10.2. The first kappa shape index (κ1) is 11.1. The van der Waals surface area contributed by atoms with Gasteiger partial charge in [-0.2, -0.15) is 0 Å². The van der Waals surface area contributed by atoms with E-state index in [1.54, 1.807) is 18.0 Å². The summed E-state index contributed by atoms with van der Waals surface area (Å²) in [6.07, 6.45) is 4.31. The monoisotopic (exact) mass is 257 g/mol. The molecule has 1 aliphatic rings. The Labute approximate surface area is 109 Å². The number of hydrogen-bond acceptors (Lipinski definition) is 4. The summed E-state index contributed by atoms with van der Waals surface area (Å²) in [5.41, 5.74) is 2.99. The molecule has 1 unspecified atom stereocenters. The zero-order valence-electron chi connectivity index (χ0n) is 9.46. The Hall–Kier alpha value is -2.01. The zero-order valence-corrected chi connectivity index (χ0v) is 10.3. The van der Waals surface area contributed by atoms with Gasteiger partial charge in [0.2, 0.25) is 6.41 Å². The van der Waals surface area contributed by atoms with Gasteiger partial charge in [-0.05, 0) is 23.8 Å². The summed E-state index contributed by atoms with van der Waals surface area (Å²) >= 11 is 1.75. The van der Waals surface area contributed by atoms with E-state index in [9.17, 15) is 4.79 Å². The average Bonchev–Trinajstić information content (AvgIpc) is 2.83. The molecule has 3 rings (SSSR count). The number of anilines is 2. The molecule has 5 heteroatoms. The van der Waals surface area contributed by atoms with Crippen molar-refractivity contribution in [3.63, 3.8) is 0 Å². The van der Waals surface area contributed by atoms with Crippen LogP contribution in [0.4, 0.5) is 11.4 Å². The average molecular weight is 257 g/mol. The van der Waals surface area contributed by atoms with Gasteiger partial charge in [0.15, 0.2) is 0 Å². The second-order valence-corrected chi connectivity index (χ2v) is 5.05. The van der Waals surface area contributed by atoms with Crippen molar-refractivity contribution in [2.75, 3.05) is 10.6 Å². The fraction of sp³-hybridized carbons (Fsp3) is 0.0769. The van der Waals surface area contributed by atoms with Crippen LogP contribution >= 0.6 is 11.8 Å². The number of rotatable bonds is 3. The van der Waals surface area contributed by atoms with Gasteiger partial charge in [0.05, 0.1) is 11.9 Å². The van der Waals surface area contributed by atoms with Gasteiger partial charge in [-0.1, -0.05) is 23.9 Å². The number of nitrogens with one attached hydrogen (secondary N) is 2. The third kappa shape index (κ3) is 2.04. The third-order valence-electron chi connectivity index (χ3n) is 2.73. The zero-order chi connectivity index (χ0) is 12.4. The van der Waals surface area contributed by atoms with Crippen molar-refractivity contribution in [3.8, 4) is 0 Å². The maximum Gasteiger partial charge on any atom is 0.211 e. The lowest BCUT2D eigenvalue weighted by Crippen LogP contribution is -2.02. The van der Waals surface area contributed by atoms with Crippen LogP contribution in [-0.4, -0.2) is 11.4 Å². The summed E-state index contributed by atoms with van der Waals surface area (Å²) in [6, 6.07) is 9.82.